The molecule has 0 amide bonds. The van der Waals surface area contributed by atoms with Crippen molar-refractivity contribution < 1.29 is 18.4 Å². The predicted octanol–water partition coefficient (Wildman–Crippen LogP) is 2.65. The zero-order chi connectivity index (χ0) is 14.1. The molecule has 2 heterocycles. The van der Waals surface area contributed by atoms with Gasteiger partial charge in [-0.05, 0) is 6.92 Å². The average Bonchev–Trinajstić information content (AvgIpc) is 3.10. The Balaban J connectivity index is 0.000000218. The Kier molecular flexibility index (Phi) is 6.35. The minimum absolute atomic E-state index is 0.291. The highest BCUT2D eigenvalue weighted by molar-refractivity contribution is 5.88. The first kappa shape index (κ1) is 14.9. The minimum atomic E-state index is -0.414. The molecule has 0 radical (unpaired) electrons. The van der Waals surface area contributed by atoms with Crippen LogP contribution >= 0.6 is 0 Å². The quantitative estimate of drug-likeness (QED) is 0.791. The number of oxazole rings is 2. The number of ether oxygens (including phenoxy) is 1. The van der Waals surface area contributed by atoms with E-state index in [4.69, 9.17) is 13.6 Å². The number of aryl methyl sites for hydroxylation is 2. The molecule has 0 aliphatic rings. The number of hydrogen-bond donors (Lipinski definition) is 0. The van der Waals surface area contributed by atoms with Gasteiger partial charge in [0.05, 0.1) is 12.8 Å². The van der Waals surface area contributed by atoms with Gasteiger partial charge >= 0.3 is 5.97 Å². The molecule has 0 aliphatic heterocycles. The summed E-state index contributed by atoms with van der Waals surface area (Å²) in [5.74, 6) is 1.11. The molecule has 104 valence electrons. The highest BCUT2D eigenvalue weighted by Crippen LogP contribution is 2.08. The van der Waals surface area contributed by atoms with Crippen LogP contribution in [0.4, 0.5) is 0 Å². The molecule has 6 heteroatoms. The summed E-state index contributed by atoms with van der Waals surface area (Å²) < 4.78 is 14.6. The second kappa shape index (κ2) is 8.07. The lowest BCUT2D eigenvalue weighted by molar-refractivity contribution is 0.0517. The third kappa shape index (κ3) is 4.57. The molecular formula is C13H18N2O4. The number of aromatic nitrogens is 2. The Labute approximate surface area is 111 Å². The second-order valence-electron chi connectivity index (χ2n) is 3.52. The van der Waals surface area contributed by atoms with Crippen LogP contribution < -0.4 is 0 Å². The number of hydrogen-bond acceptors (Lipinski definition) is 6. The standard InChI is InChI=1S/C8H11NO3.C5H7NO/c1-3-6-7(9-5-12-6)8(10)11-4-2;1-2-5-3-6-4-7-5/h5H,3-4H2,1-2H3;3-4H,2H2,1H3. The molecule has 0 aliphatic carbocycles. The second-order valence-corrected chi connectivity index (χ2v) is 3.52. The smallest absolute Gasteiger partial charge is 0.360 e. The highest BCUT2D eigenvalue weighted by atomic mass is 16.5. The first-order chi connectivity index (χ1) is 9.22. The van der Waals surface area contributed by atoms with Crippen LogP contribution in [0.5, 0.6) is 0 Å². The molecule has 0 fully saturated rings. The predicted molar refractivity (Wildman–Crippen MR) is 67.7 cm³/mol. The van der Waals surface area contributed by atoms with Gasteiger partial charge in [-0.15, -0.1) is 0 Å². The highest BCUT2D eigenvalue weighted by Gasteiger charge is 2.15. The average molecular weight is 266 g/mol. The fourth-order valence-corrected chi connectivity index (χ4v) is 1.30. The maximum Gasteiger partial charge on any atom is 0.360 e. The van der Waals surface area contributed by atoms with Gasteiger partial charge in [0.25, 0.3) is 0 Å². The van der Waals surface area contributed by atoms with Crippen molar-refractivity contribution in [1.29, 1.82) is 0 Å². The molecule has 2 aromatic heterocycles. The monoisotopic (exact) mass is 266 g/mol. The van der Waals surface area contributed by atoms with Crippen molar-refractivity contribution >= 4 is 5.97 Å². The molecule has 0 atom stereocenters. The fraction of sp³-hybridized carbons (Fsp3) is 0.462. The van der Waals surface area contributed by atoms with Crippen molar-refractivity contribution in [2.24, 2.45) is 0 Å². The summed E-state index contributed by atoms with van der Waals surface area (Å²) in [4.78, 5) is 18.6. The lowest BCUT2D eigenvalue weighted by Crippen LogP contribution is -2.07. The minimum Gasteiger partial charge on any atom is -0.461 e. The maximum absolute atomic E-state index is 11.1. The summed E-state index contributed by atoms with van der Waals surface area (Å²) in [6.07, 6.45) is 6.00. The SMILES string of the molecule is CCOC(=O)c1ncoc1CC.CCc1cnco1. The van der Waals surface area contributed by atoms with Gasteiger partial charge in [0.2, 0.25) is 0 Å². The van der Waals surface area contributed by atoms with E-state index in [1.54, 1.807) is 13.1 Å². The molecule has 2 rings (SSSR count). The first-order valence-corrected chi connectivity index (χ1v) is 6.19. The van der Waals surface area contributed by atoms with E-state index in [2.05, 4.69) is 9.97 Å². The Morgan fingerprint density at radius 2 is 2.00 bits per heavy atom. The molecule has 6 nitrogen and oxygen atoms in total. The molecule has 0 spiro atoms. The number of rotatable bonds is 4. The Morgan fingerprint density at radius 3 is 2.47 bits per heavy atom. The van der Waals surface area contributed by atoms with Crippen LogP contribution in [-0.2, 0) is 17.6 Å². The van der Waals surface area contributed by atoms with Gasteiger partial charge in [-0.3, -0.25) is 0 Å². The van der Waals surface area contributed by atoms with Gasteiger partial charge in [-0.2, -0.15) is 0 Å². The summed E-state index contributed by atoms with van der Waals surface area (Å²) in [6.45, 7) is 6.03. The molecule has 19 heavy (non-hydrogen) atoms. The van der Waals surface area contributed by atoms with Crippen molar-refractivity contribution in [2.75, 3.05) is 6.61 Å². The van der Waals surface area contributed by atoms with E-state index in [-0.39, 0.29) is 0 Å². The summed E-state index contributed by atoms with van der Waals surface area (Å²) >= 11 is 0. The zero-order valence-electron chi connectivity index (χ0n) is 11.4. The van der Waals surface area contributed by atoms with Crippen LogP contribution in [0.25, 0.3) is 0 Å². The molecule has 0 unspecified atom stereocenters. The molecule has 0 aromatic carbocycles. The van der Waals surface area contributed by atoms with E-state index in [9.17, 15) is 4.79 Å². The molecule has 0 saturated carbocycles. The number of esters is 1. The van der Waals surface area contributed by atoms with E-state index in [1.807, 2.05) is 13.8 Å². The summed E-state index contributed by atoms with van der Waals surface area (Å²) in [7, 11) is 0. The maximum atomic E-state index is 11.1. The molecule has 2 aromatic rings. The lowest BCUT2D eigenvalue weighted by Gasteiger charge is -1.97. The van der Waals surface area contributed by atoms with Crippen LogP contribution in [0.15, 0.2) is 27.8 Å². The van der Waals surface area contributed by atoms with Gasteiger partial charge in [0.1, 0.15) is 11.5 Å². The number of carbonyl (C=O) groups is 1. The van der Waals surface area contributed by atoms with Crippen LogP contribution in [0, 0.1) is 0 Å². The van der Waals surface area contributed by atoms with Crippen LogP contribution in [0.3, 0.4) is 0 Å². The zero-order valence-corrected chi connectivity index (χ0v) is 11.4. The van der Waals surface area contributed by atoms with Crippen LogP contribution in [0.2, 0.25) is 0 Å². The van der Waals surface area contributed by atoms with Gasteiger partial charge in [-0.1, -0.05) is 13.8 Å². The lowest BCUT2D eigenvalue weighted by atomic mass is 10.3. The molecule has 0 N–H and O–H groups in total. The molecule has 0 bridgehead atoms. The van der Waals surface area contributed by atoms with Crippen molar-refractivity contribution in [2.45, 2.75) is 33.6 Å². The first-order valence-electron chi connectivity index (χ1n) is 6.19. The van der Waals surface area contributed by atoms with E-state index in [0.717, 1.165) is 12.2 Å². The number of nitrogens with zero attached hydrogens (tertiary/aromatic N) is 2. The van der Waals surface area contributed by atoms with Crippen molar-refractivity contribution in [3.8, 4) is 0 Å². The molecular weight excluding hydrogens is 248 g/mol. The summed E-state index contributed by atoms with van der Waals surface area (Å²) in [6, 6.07) is 0. The topological polar surface area (TPSA) is 78.4 Å². The van der Waals surface area contributed by atoms with Gasteiger partial charge < -0.3 is 13.6 Å². The van der Waals surface area contributed by atoms with Gasteiger partial charge in [-0.25, -0.2) is 14.8 Å². The third-order valence-corrected chi connectivity index (χ3v) is 2.26. The van der Waals surface area contributed by atoms with E-state index in [1.165, 1.54) is 12.8 Å². The van der Waals surface area contributed by atoms with Crippen LogP contribution in [0.1, 0.15) is 42.8 Å². The Morgan fingerprint density at radius 1 is 1.21 bits per heavy atom. The van der Waals surface area contributed by atoms with Crippen molar-refractivity contribution in [3.05, 3.63) is 36.2 Å². The van der Waals surface area contributed by atoms with Crippen molar-refractivity contribution in [3.63, 3.8) is 0 Å². The van der Waals surface area contributed by atoms with Gasteiger partial charge in [0.15, 0.2) is 18.5 Å². The Bertz CT molecular complexity index is 477. The van der Waals surface area contributed by atoms with Crippen molar-refractivity contribution in [1.82, 2.24) is 9.97 Å². The van der Waals surface area contributed by atoms with Crippen LogP contribution in [-0.4, -0.2) is 22.5 Å². The molecule has 0 saturated heterocycles. The largest absolute Gasteiger partial charge is 0.461 e. The van der Waals surface area contributed by atoms with E-state index < -0.39 is 5.97 Å². The third-order valence-electron chi connectivity index (χ3n) is 2.26. The normalized spacial score (nSPS) is 9.63. The van der Waals surface area contributed by atoms with E-state index >= 15 is 0 Å². The Hall–Kier alpha value is -2.11. The number of carbonyl (C=O) groups excluding carboxylic acids is 1. The van der Waals surface area contributed by atoms with Gasteiger partial charge in [0, 0.05) is 12.8 Å². The summed E-state index contributed by atoms with van der Waals surface area (Å²) in [5, 5.41) is 0. The fourth-order valence-electron chi connectivity index (χ4n) is 1.30. The van der Waals surface area contributed by atoms with E-state index in [0.29, 0.717) is 24.5 Å². The summed E-state index contributed by atoms with van der Waals surface area (Å²) in [5.41, 5.74) is 0.291.